The lowest BCUT2D eigenvalue weighted by Crippen LogP contribution is -2.19. The Morgan fingerprint density at radius 1 is 1.23 bits per heavy atom. The van der Waals surface area contributed by atoms with Crippen LogP contribution in [-0.4, -0.2) is 33.1 Å². The predicted octanol–water partition coefficient (Wildman–Crippen LogP) is 3.28. The number of carbonyl (C=O) groups is 1. The molecule has 0 aliphatic rings. The van der Waals surface area contributed by atoms with Crippen LogP contribution in [0.25, 0.3) is 5.82 Å². The molecule has 2 aromatic heterocycles. The number of pyridine rings is 1. The van der Waals surface area contributed by atoms with Crippen molar-refractivity contribution in [3.05, 3.63) is 71.2 Å². The lowest BCUT2D eigenvalue weighted by molar-refractivity contribution is -0.120. The van der Waals surface area contributed by atoms with Gasteiger partial charge in [0, 0.05) is 23.1 Å². The first-order valence-electron chi connectivity index (χ1n) is 9.69. The van der Waals surface area contributed by atoms with Gasteiger partial charge in [-0.3, -0.25) is 4.79 Å². The minimum atomic E-state index is -0.314. The second-order valence-electron chi connectivity index (χ2n) is 7.32. The van der Waals surface area contributed by atoms with Crippen LogP contribution in [0.2, 0.25) is 0 Å². The molecule has 0 saturated heterocycles. The van der Waals surface area contributed by atoms with E-state index in [9.17, 15) is 4.79 Å². The average Bonchev–Trinajstić information content (AvgIpc) is 3.06. The SMILES string of the molecule is Cc1cc(C)n(-c2ccc(/C(N)=N/OCC(=O)Nc3cccc(C(C)C)c3)cn2)n1. The predicted molar refractivity (Wildman–Crippen MR) is 117 cm³/mol. The third-order valence-electron chi connectivity index (χ3n) is 4.47. The van der Waals surface area contributed by atoms with E-state index in [1.54, 1.807) is 23.0 Å². The summed E-state index contributed by atoms with van der Waals surface area (Å²) in [4.78, 5) is 21.6. The first-order chi connectivity index (χ1) is 14.3. The average molecular weight is 406 g/mol. The first kappa shape index (κ1) is 21.0. The van der Waals surface area contributed by atoms with Gasteiger partial charge >= 0.3 is 0 Å². The Bertz CT molecular complexity index is 1050. The zero-order chi connectivity index (χ0) is 21.7. The van der Waals surface area contributed by atoms with E-state index in [1.165, 1.54) is 0 Å². The van der Waals surface area contributed by atoms with Gasteiger partial charge in [-0.2, -0.15) is 5.10 Å². The number of hydrogen-bond donors (Lipinski definition) is 2. The summed E-state index contributed by atoms with van der Waals surface area (Å²) in [6.45, 7) is 7.84. The number of amides is 1. The van der Waals surface area contributed by atoms with Crippen LogP contribution < -0.4 is 11.1 Å². The molecular weight excluding hydrogens is 380 g/mol. The number of anilines is 1. The molecule has 0 unspecified atom stereocenters. The largest absolute Gasteiger partial charge is 0.384 e. The summed E-state index contributed by atoms with van der Waals surface area (Å²) >= 11 is 0. The molecule has 0 aliphatic carbocycles. The normalized spacial score (nSPS) is 11.6. The van der Waals surface area contributed by atoms with Crippen LogP contribution >= 0.6 is 0 Å². The number of aryl methyl sites for hydroxylation is 2. The quantitative estimate of drug-likeness (QED) is 0.356. The van der Waals surface area contributed by atoms with Crippen molar-refractivity contribution in [3.8, 4) is 5.82 Å². The van der Waals surface area contributed by atoms with Crippen LogP contribution in [0.15, 0.2) is 53.8 Å². The second-order valence-corrected chi connectivity index (χ2v) is 7.32. The van der Waals surface area contributed by atoms with Gasteiger partial charge in [-0.15, -0.1) is 0 Å². The number of nitrogens with one attached hydrogen (secondary N) is 1. The summed E-state index contributed by atoms with van der Waals surface area (Å²) in [5.74, 6) is 0.882. The summed E-state index contributed by atoms with van der Waals surface area (Å²) < 4.78 is 1.75. The fourth-order valence-corrected chi connectivity index (χ4v) is 2.91. The highest BCUT2D eigenvalue weighted by atomic mass is 16.6. The van der Waals surface area contributed by atoms with Crippen LogP contribution in [-0.2, 0) is 9.63 Å². The number of amidine groups is 1. The maximum absolute atomic E-state index is 12.1. The number of nitrogens with zero attached hydrogens (tertiary/aromatic N) is 4. The molecule has 30 heavy (non-hydrogen) atoms. The van der Waals surface area contributed by atoms with Crippen LogP contribution in [0.1, 0.15) is 42.3 Å². The van der Waals surface area contributed by atoms with E-state index in [0.29, 0.717) is 17.3 Å². The number of aromatic nitrogens is 3. The third-order valence-corrected chi connectivity index (χ3v) is 4.47. The molecule has 3 aromatic rings. The number of rotatable bonds is 7. The van der Waals surface area contributed by atoms with E-state index in [1.807, 2.05) is 44.2 Å². The second kappa shape index (κ2) is 9.21. The molecule has 0 spiro atoms. The Labute approximate surface area is 175 Å². The maximum Gasteiger partial charge on any atom is 0.265 e. The number of nitrogens with two attached hydrogens (primary N) is 1. The van der Waals surface area contributed by atoms with Gasteiger partial charge in [0.15, 0.2) is 18.3 Å². The van der Waals surface area contributed by atoms with Gasteiger partial charge in [-0.1, -0.05) is 31.1 Å². The summed E-state index contributed by atoms with van der Waals surface area (Å²) in [5, 5.41) is 11.0. The number of oxime groups is 1. The molecule has 2 heterocycles. The van der Waals surface area contributed by atoms with Crippen molar-refractivity contribution < 1.29 is 9.63 Å². The molecule has 0 atom stereocenters. The van der Waals surface area contributed by atoms with Gasteiger partial charge in [0.2, 0.25) is 0 Å². The van der Waals surface area contributed by atoms with Crippen molar-refractivity contribution in [1.82, 2.24) is 14.8 Å². The Morgan fingerprint density at radius 2 is 2.03 bits per heavy atom. The number of benzene rings is 1. The minimum Gasteiger partial charge on any atom is -0.384 e. The van der Waals surface area contributed by atoms with Crippen molar-refractivity contribution >= 4 is 17.4 Å². The van der Waals surface area contributed by atoms with E-state index in [-0.39, 0.29) is 18.3 Å². The zero-order valence-electron chi connectivity index (χ0n) is 17.6. The molecule has 3 rings (SSSR count). The Balaban J connectivity index is 1.56. The van der Waals surface area contributed by atoms with Gasteiger partial charge in [-0.05, 0) is 55.7 Å². The summed E-state index contributed by atoms with van der Waals surface area (Å²) in [6, 6.07) is 13.3. The van der Waals surface area contributed by atoms with E-state index in [0.717, 1.165) is 22.6 Å². The van der Waals surface area contributed by atoms with Crippen LogP contribution in [0.3, 0.4) is 0 Å². The molecular formula is C22H26N6O2. The first-order valence-corrected chi connectivity index (χ1v) is 9.69. The molecule has 0 saturated carbocycles. The zero-order valence-corrected chi connectivity index (χ0v) is 17.6. The molecule has 156 valence electrons. The molecule has 3 N–H and O–H groups in total. The van der Waals surface area contributed by atoms with E-state index in [4.69, 9.17) is 10.6 Å². The summed E-state index contributed by atoms with van der Waals surface area (Å²) in [7, 11) is 0. The van der Waals surface area contributed by atoms with E-state index in [2.05, 4.69) is 34.4 Å². The van der Waals surface area contributed by atoms with Crippen molar-refractivity contribution in [2.45, 2.75) is 33.6 Å². The van der Waals surface area contributed by atoms with Gasteiger partial charge in [0.25, 0.3) is 5.91 Å². The number of carbonyl (C=O) groups excluding carboxylic acids is 1. The molecule has 1 aromatic carbocycles. The lowest BCUT2D eigenvalue weighted by atomic mass is 10.0. The molecule has 0 radical (unpaired) electrons. The highest BCUT2D eigenvalue weighted by Gasteiger charge is 2.08. The Hall–Kier alpha value is -3.68. The van der Waals surface area contributed by atoms with Crippen molar-refractivity contribution in [1.29, 1.82) is 0 Å². The van der Waals surface area contributed by atoms with Crippen LogP contribution in [0, 0.1) is 13.8 Å². The molecule has 1 amide bonds. The standard InChI is InChI=1S/C22H26N6O2/c1-14(2)17-6-5-7-19(11-17)25-21(29)13-30-27-22(23)18-8-9-20(24-12-18)28-16(4)10-15(3)26-28/h5-12,14H,13H2,1-4H3,(H2,23,27)(H,25,29). The molecule has 0 aliphatic heterocycles. The molecule has 0 bridgehead atoms. The van der Waals surface area contributed by atoms with E-state index >= 15 is 0 Å². The van der Waals surface area contributed by atoms with Gasteiger partial charge < -0.3 is 15.9 Å². The van der Waals surface area contributed by atoms with Crippen molar-refractivity contribution in [3.63, 3.8) is 0 Å². The van der Waals surface area contributed by atoms with Crippen molar-refractivity contribution in [2.75, 3.05) is 11.9 Å². The third kappa shape index (κ3) is 5.22. The van der Waals surface area contributed by atoms with Gasteiger partial charge in [0.05, 0.1) is 5.69 Å². The summed E-state index contributed by atoms with van der Waals surface area (Å²) in [6.07, 6.45) is 1.59. The smallest absolute Gasteiger partial charge is 0.265 e. The fourth-order valence-electron chi connectivity index (χ4n) is 2.91. The minimum absolute atomic E-state index is 0.136. The number of hydrogen-bond acceptors (Lipinski definition) is 5. The Morgan fingerprint density at radius 3 is 2.67 bits per heavy atom. The molecule has 0 fully saturated rings. The van der Waals surface area contributed by atoms with Crippen molar-refractivity contribution in [2.24, 2.45) is 10.9 Å². The van der Waals surface area contributed by atoms with Gasteiger partial charge in [-0.25, -0.2) is 9.67 Å². The maximum atomic E-state index is 12.1. The van der Waals surface area contributed by atoms with E-state index < -0.39 is 0 Å². The monoisotopic (exact) mass is 406 g/mol. The highest BCUT2D eigenvalue weighted by molar-refractivity contribution is 5.97. The van der Waals surface area contributed by atoms with Crippen LogP contribution in [0.5, 0.6) is 0 Å². The van der Waals surface area contributed by atoms with Gasteiger partial charge in [0.1, 0.15) is 0 Å². The molecule has 8 heteroatoms. The van der Waals surface area contributed by atoms with Crippen LogP contribution in [0.4, 0.5) is 5.69 Å². The lowest BCUT2D eigenvalue weighted by Gasteiger charge is -2.09. The Kier molecular flexibility index (Phi) is 6.46. The highest BCUT2D eigenvalue weighted by Crippen LogP contribution is 2.18. The fraction of sp³-hybridized carbons (Fsp3) is 0.273. The topological polar surface area (TPSA) is 107 Å². The molecule has 8 nitrogen and oxygen atoms in total. The summed E-state index contributed by atoms with van der Waals surface area (Å²) in [5.41, 5.74) is 10.3.